The van der Waals surface area contributed by atoms with Crippen LogP contribution in [0.15, 0.2) is 30.5 Å². The molecule has 6 heteroatoms. The normalized spacial score (nSPS) is 10.5. The van der Waals surface area contributed by atoms with Crippen molar-refractivity contribution in [1.29, 1.82) is 0 Å². The van der Waals surface area contributed by atoms with Crippen molar-refractivity contribution in [2.45, 2.75) is 20.4 Å². The van der Waals surface area contributed by atoms with Gasteiger partial charge >= 0.3 is 0 Å². The van der Waals surface area contributed by atoms with Gasteiger partial charge in [0.05, 0.1) is 18.3 Å². The third-order valence-electron chi connectivity index (χ3n) is 3.24. The summed E-state index contributed by atoms with van der Waals surface area (Å²) in [7, 11) is 1.61. The SMILES string of the molecule is CCN(C(=O)c1c(Cl)cnn1CC)c1ccc(OC)cc1. The average molecular weight is 308 g/mol. The van der Waals surface area contributed by atoms with Gasteiger partial charge in [-0.25, -0.2) is 0 Å². The molecule has 0 bridgehead atoms. The summed E-state index contributed by atoms with van der Waals surface area (Å²) >= 11 is 6.10. The molecule has 112 valence electrons. The van der Waals surface area contributed by atoms with Gasteiger partial charge < -0.3 is 9.64 Å². The molecule has 1 heterocycles. The lowest BCUT2D eigenvalue weighted by Gasteiger charge is -2.21. The highest BCUT2D eigenvalue weighted by atomic mass is 35.5. The lowest BCUT2D eigenvalue weighted by molar-refractivity contribution is 0.0978. The van der Waals surface area contributed by atoms with E-state index in [4.69, 9.17) is 16.3 Å². The third-order valence-corrected chi connectivity index (χ3v) is 3.52. The number of halogens is 1. The monoisotopic (exact) mass is 307 g/mol. The van der Waals surface area contributed by atoms with Gasteiger partial charge in [0.25, 0.3) is 5.91 Å². The van der Waals surface area contributed by atoms with E-state index in [2.05, 4.69) is 5.10 Å². The van der Waals surface area contributed by atoms with Crippen LogP contribution in [0, 0.1) is 0 Å². The van der Waals surface area contributed by atoms with Crippen LogP contribution in [0.25, 0.3) is 0 Å². The molecule has 0 spiro atoms. The van der Waals surface area contributed by atoms with Crippen LogP contribution >= 0.6 is 11.6 Å². The zero-order valence-corrected chi connectivity index (χ0v) is 13.1. The summed E-state index contributed by atoms with van der Waals surface area (Å²) < 4.78 is 6.74. The molecule has 1 aromatic heterocycles. The summed E-state index contributed by atoms with van der Waals surface area (Å²) in [5.74, 6) is 0.589. The topological polar surface area (TPSA) is 47.4 Å². The third kappa shape index (κ3) is 3.03. The van der Waals surface area contributed by atoms with Gasteiger partial charge in [-0.05, 0) is 38.1 Å². The predicted octanol–water partition coefficient (Wildman–Crippen LogP) is 3.23. The second-order valence-corrected chi connectivity index (χ2v) is 4.81. The fourth-order valence-electron chi connectivity index (χ4n) is 2.15. The predicted molar refractivity (Wildman–Crippen MR) is 83.3 cm³/mol. The van der Waals surface area contributed by atoms with Gasteiger partial charge in [-0.3, -0.25) is 9.48 Å². The van der Waals surface area contributed by atoms with Crippen molar-refractivity contribution in [1.82, 2.24) is 9.78 Å². The number of hydrogen-bond donors (Lipinski definition) is 0. The molecule has 0 atom stereocenters. The summed E-state index contributed by atoms with van der Waals surface area (Å²) in [5.41, 5.74) is 1.21. The number of rotatable bonds is 5. The molecule has 0 unspecified atom stereocenters. The molecule has 0 N–H and O–H groups in total. The molecular weight excluding hydrogens is 290 g/mol. The van der Waals surface area contributed by atoms with E-state index in [1.807, 2.05) is 38.1 Å². The van der Waals surface area contributed by atoms with Gasteiger partial charge in [0.2, 0.25) is 0 Å². The highest BCUT2D eigenvalue weighted by Gasteiger charge is 2.23. The maximum atomic E-state index is 12.7. The second kappa shape index (κ2) is 6.63. The van der Waals surface area contributed by atoms with Gasteiger partial charge in [0, 0.05) is 18.8 Å². The van der Waals surface area contributed by atoms with Crippen LogP contribution in [0.3, 0.4) is 0 Å². The Morgan fingerprint density at radius 1 is 1.33 bits per heavy atom. The summed E-state index contributed by atoms with van der Waals surface area (Å²) in [5, 5.41) is 4.48. The van der Waals surface area contributed by atoms with Gasteiger partial charge in [-0.15, -0.1) is 0 Å². The molecule has 2 aromatic rings. The Balaban J connectivity index is 2.35. The number of hydrogen-bond acceptors (Lipinski definition) is 3. The van der Waals surface area contributed by atoms with Crippen LogP contribution in [0.4, 0.5) is 5.69 Å². The molecule has 0 aliphatic rings. The number of amides is 1. The number of methoxy groups -OCH3 is 1. The number of carbonyl (C=O) groups is 1. The zero-order valence-electron chi connectivity index (χ0n) is 12.3. The van der Waals surface area contributed by atoms with Gasteiger partial charge in [-0.1, -0.05) is 11.6 Å². The van der Waals surface area contributed by atoms with E-state index in [0.29, 0.717) is 23.8 Å². The standard InChI is InChI=1S/C15H18ClN3O2/c1-4-18(11-6-8-12(21-3)9-7-11)15(20)14-13(16)10-17-19(14)5-2/h6-10H,4-5H2,1-3H3. The van der Waals surface area contributed by atoms with E-state index >= 15 is 0 Å². The first kappa shape index (κ1) is 15.4. The first-order chi connectivity index (χ1) is 10.1. The van der Waals surface area contributed by atoms with Crippen LogP contribution in [0.5, 0.6) is 5.75 Å². The molecule has 0 fully saturated rings. The van der Waals surface area contributed by atoms with E-state index in [1.54, 1.807) is 16.7 Å². The molecule has 2 rings (SSSR count). The number of aromatic nitrogens is 2. The highest BCUT2D eigenvalue weighted by Crippen LogP contribution is 2.23. The summed E-state index contributed by atoms with van der Waals surface area (Å²) in [6.45, 7) is 4.97. The molecule has 0 saturated carbocycles. The quantitative estimate of drug-likeness (QED) is 0.852. The number of carbonyl (C=O) groups excluding carboxylic acids is 1. The molecule has 0 aliphatic carbocycles. The maximum Gasteiger partial charge on any atom is 0.278 e. The Morgan fingerprint density at radius 3 is 2.52 bits per heavy atom. The zero-order chi connectivity index (χ0) is 15.4. The number of ether oxygens (including phenoxy) is 1. The number of benzene rings is 1. The van der Waals surface area contributed by atoms with Crippen LogP contribution in [-0.4, -0.2) is 29.3 Å². The molecule has 0 aliphatic heterocycles. The van der Waals surface area contributed by atoms with E-state index in [0.717, 1.165) is 11.4 Å². The molecule has 0 radical (unpaired) electrons. The molecule has 1 amide bonds. The summed E-state index contributed by atoms with van der Waals surface area (Å²) in [4.78, 5) is 14.4. The molecule has 21 heavy (non-hydrogen) atoms. The summed E-state index contributed by atoms with van der Waals surface area (Å²) in [6, 6.07) is 7.34. The number of aryl methyl sites for hydroxylation is 1. The van der Waals surface area contributed by atoms with Crippen molar-refractivity contribution >= 4 is 23.2 Å². The van der Waals surface area contributed by atoms with Crippen molar-refractivity contribution in [3.8, 4) is 5.75 Å². The van der Waals surface area contributed by atoms with Crippen LogP contribution in [-0.2, 0) is 6.54 Å². The van der Waals surface area contributed by atoms with Crippen LogP contribution in [0.1, 0.15) is 24.3 Å². The van der Waals surface area contributed by atoms with E-state index in [9.17, 15) is 4.79 Å². The lowest BCUT2D eigenvalue weighted by atomic mass is 10.2. The van der Waals surface area contributed by atoms with Gasteiger partial charge in [0.15, 0.2) is 0 Å². The van der Waals surface area contributed by atoms with E-state index < -0.39 is 0 Å². The Kier molecular flexibility index (Phi) is 4.85. The second-order valence-electron chi connectivity index (χ2n) is 4.40. The minimum Gasteiger partial charge on any atom is -0.497 e. The smallest absolute Gasteiger partial charge is 0.278 e. The van der Waals surface area contributed by atoms with Gasteiger partial charge in [0.1, 0.15) is 11.4 Å². The number of anilines is 1. The largest absolute Gasteiger partial charge is 0.497 e. The van der Waals surface area contributed by atoms with Crippen molar-refractivity contribution in [3.63, 3.8) is 0 Å². The average Bonchev–Trinajstić information content (AvgIpc) is 2.89. The van der Waals surface area contributed by atoms with Gasteiger partial charge in [-0.2, -0.15) is 5.10 Å². The maximum absolute atomic E-state index is 12.7. The molecule has 0 saturated heterocycles. The van der Waals surface area contributed by atoms with Crippen molar-refractivity contribution < 1.29 is 9.53 Å². The fraction of sp³-hybridized carbons (Fsp3) is 0.333. The summed E-state index contributed by atoms with van der Waals surface area (Å²) in [6.07, 6.45) is 1.50. The Morgan fingerprint density at radius 2 is 2.00 bits per heavy atom. The van der Waals surface area contributed by atoms with E-state index in [1.165, 1.54) is 6.20 Å². The Hall–Kier alpha value is -2.01. The lowest BCUT2D eigenvalue weighted by Crippen LogP contribution is -2.32. The Labute approximate surface area is 129 Å². The highest BCUT2D eigenvalue weighted by molar-refractivity contribution is 6.34. The van der Waals surface area contributed by atoms with Crippen LogP contribution < -0.4 is 9.64 Å². The molecule has 5 nitrogen and oxygen atoms in total. The minimum atomic E-state index is -0.160. The van der Waals surface area contributed by atoms with E-state index in [-0.39, 0.29) is 5.91 Å². The fourth-order valence-corrected chi connectivity index (χ4v) is 2.37. The molecule has 1 aromatic carbocycles. The first-order valence-corrected chi connectivity index (χ1v) is 7.17. The number of nitrogens with zero attached hydrogens (tertiary/aromatic N) is 3. The van der Waals surface area contributed by atoms with Crippen molar-refractivity contribution in [2.24, 2.45) is 0 Å². The first-order valence-electron chi connectivity index (χ1n) is 6.79. The minimum absolute atomic E-state index is 0.160. The van der Waals surface area contributed by atoms with Crippen molar-refractivity contribution in [2.75, 3.05) is 18.6 Å². The van der Waals surface area contributed by atoms with Crippen LogP contribution in [0.2, 0.25) is 5.02 Å². The van der Waals surface area contributed by atoms with Crippen molar-refractivity contribution in [3.05, 3.63) is 41.2 Å². The molecular formula is C15H18ClN3O2. The Bertz CT molecular complexity index is 622.